The number of aryl methyl sites for hydroxylation is 2. The summed E-state index contributed by atoms with van der Waals surface area (Å²) in [6.45, 7) is 2.02. The Kier molecular flexibility index (Phi) is 6.24. The molecule has 0 spiro atoms. The van der Waals surface area contributed by atoms with Gasteiger partial charge in [-0.05, 0) is 41.8 Å². The molecule has 29 heavy (non-hydrogen) atoms. The average Bonchev–Trinajstić information content (AvgIpc) is 3.17. The van der Waals surface area contributed by atoms with Crippen LogP contribution in [0.2, 0.25) is 0 Å². The predicted molar refractivity (Wildman–Crippen MR) is 111 cm³/mol. The molecular formula is C21H25N3O4S. The Morgan fingerprint density at radius 3 is 2.17 bits per heavy atom. The second kappa shape index (κ2) is 8.67. The van der Waals surface area contributed by atoms with Crippen molar-refractivity contribution in [3.63, 3.8) is 0 Å². The molecule has 1 heterocycles. The van der Waals surface area contributed by atoms with Crippen molar-refractivity contribution in [1.29, 1.82) is 0 Å². The quantitative estimate of drug-likeness (QED) is 0.611. The van der Waals surface area contributed by atoms with Gasteiger partial charge in [-0.1, -0.05) is 19.1 Å². The third-order valence-corrected chi connectivity index (χ3v) is 6.18. The van der Waals surface area contributed by atoms with Crippen molar-refractivity contribution in [2.24, 2.45) is 7.05 Å². The van der Waals surface area contributed by atoms with E-state index in [1.165, 1.54) is 0 Å². The lowest BCUT2D eigenvalue weighted by Gasteiger charge is -2.20. The van der Waals surface area contributed by atoms with Gasteiger partial charge in [-0.2, -0.15) is 4.72 Å². The number of hydrogen-bond acceptors (Lipinski definition) is 5. The normalized spacial score (nSPS) is 12.6. The molecule has 0 aliphatic rings. The van der Waals surface area contributed by atoms with Gasteiger partial charge in [0.15, 0.2) is 0 Å². The molecule has 1 N–H and O–H groups in total. The maximum absolute atomic E-state index is 13.1. The summed E-state index contributed by atoms with van der Waals surface area (Å²) in [5.74, 6) is 1.67. The molecule has 3 rings (SSSR count). The van der Waals surface area contributed by atoms with Crippen LogP contribution >= 0.6 is 0 Å². The summed E-state index contributed by atoms with van der Waals surface area (Å²) < 4.78 is 41.5. The molecule has 2 aromatic carbocycles. The molecule has 1 atom stereocenters. The Morgan fingerprint density at radius 1 is 1.07 bits per heavy atom. The largest absolute Gasteiger partial charge is 0.497 e. The van der Waals surface area contributed by atoms with Crippen LogP contribution in [-0.2, 0) is 23.5 Å². The molecule has 8 heteroatoms. The summed E-state index contributed by atoms with van der Waals surface area (Å²) in [6, 6.07) is 11.4. The zero-order valence-corrected chi connectivity index (χ0v) is 17.7. The highest BCUT2D eigenvalue weighted by atomic mass is 32.2. The fourth-order valence-electron chi connectivity index (χ4n) is 3.05. The van der Waals surface area contributed by atoms with Crippen LogP contribution in [0.15, 0.2) is 59.8 Å². The van der Waals surface area contributed by atoms with Crippen molar-refractivity contribution in [2.75, 3.05) is 14.2 Å². The molecule has 0 amide bonds. The van der Waals surface area contributed by atoms with Crippen molar-refractivity contribution in [3.8, 4) is 11.5 Å². The third kappa shape index (κ3) is 4.60. The molecule has 0 radical (unpaired) electrons. The van der Waals surface area contributed by atoms with E-state index in [0.717, 1.165) is 12.0 Å². The van der Waals surface area contributed by atoms with Gasteiger partial charge in [0, 0.05) is 25.5 Å². The van der Waals surface area contributed by atoms with Crippen LogP contribution in [0.4, 0.5) is 0 Å². The second-order valence-corrected chi connectivity index (χ2v) is 8.31. The van der Waals surface area contributed by atoms with Gasteiger partial charge in [0.2, 0.25) is 10.0 Å². The molecule has 0 aliphatic heterocycles. The van der Waals surface area contributed by atoms with E-state index in [9.17, 15) is 8.42 Å². The molecule has 7 nitrogen and oxygen atoms in total. The van der Waals surface area contributed by atoms with E-state index >= 15 is 0 Å². The highest BCUT2D eigenvalue weighted by Crippen LogP contribution is 2.30. The van der Waals surface area contributed by atoms with Gasteiger partial charge in [-0.15, -0.1) is 0 Å². The van der Waals surface area contributed by atoms with Crippen LogP contribution < -0.4 is 14.2 Å². The Morgan fingerprint density at radius 2 is 1.69 bits per heavy atom. The van der Waals surface area contributed by atoms with Crippen LogP contribution in [0.1, 0.15) is 29.9 Å². The first-order chi connectivity index (χ1) is 13.9. The van der Waals surface area contributed by atoms with E-state index < -0.39 is 16.1 Å². The summed E-state index contributed by atoms with van der Waals surface area (Å²) >= 11 is 0. The zero-order chi connectivity index (χ0) is 21.0. The number of aromatic nitrogens is 2. The first-order valence-electron chi connectivity index (χ1n) is 9.19. The van der Waals surface area contributed by atoms with E-state index in [-0.39, 0.29) is 4.90 Å². The number of ether oxygens (including phenoxy) is 2. The van der Waals surface area contributed by atoms with E-state index in [1.54, 1.807) is 61.5 Å². The molecule has 0 aliphatic carbocycles. The smallest absolute Gasteiger partial charge is 0.241 e. The van der Waals surface area contributed by atoms with Crippen LogP contribution in [0.5, 0.6) is 11.5 Å². The first-order valence-corrected chi connectivity index (χ1v) is 10.7. The van der Waals surface area contributed by atoms with Crippen LogP contribution in [0, 0.1) is 0 Å². The Hall–Kier alpha value is -2.84. The zero-order valence-electron chi connectivity index (χ0n) is 16.9. The lowest BCUT2D eigenvalue weighted by atomic mass is 10.1. The van der Waals surface area contributed by atoms with Crippen molar-refractivity contribution in [2.45, 2.75) is 24.3 Å². The minimum absolute atomic E-state index is 0.198. The summed E-state index contributed by atoms with van der Waals surface area (Å²) in [4.78, 5) is 4.56. The molecule has 0 saturated heterocycles. The lowest BCUT2D eigenvalue weighted by molar-refractivity contribution is 0.392. The fraction of sp³-hybridized carbons (Fsp3) is 0.286. The number of sulfonamides is 1. The van der Waals surface area contributed by atoms with Gasteiger partial charge in [-0.25, -0.2) is 13.4 Å². The maximum Gasteiger partial charge on any atom is 0.241 e. The lowest BCUT2D eigenvalue weighted by Crippen LogP contribution is -2.31. The Bertz CT molecular complexity index is 1050. The number of nitrogens with zero attached hydrogens (tertiary/aromatic N) is 2. The second-order valence-electron chi connectivity index (χ2n) is 6.59. The SMILES string of the molecule is CCc1ccc(S(=O)(=O)NC(c2cc(OC)cc(OC)c2)c2nccn2C)cc1. The summed E-state index contributed by atoms with van der Waals surface area (Å²) in [7, 11) is 1.12. The van der Waals surface area contributed by atoms with Crippen LogP contribution in [0.25, 0.3) is 0 Å². The molecule has 3 aromatic rings. The molecule has 0 saturated carbocycles. The van der Waals surface area contributed by atoms with Gasteiger partial charge in [0.25, 0.3) is 0 Å². The van der Waals surface area contributed by atoms with E-state index in [1.807, 2.05) is 26.1 Å². The summed E-state index contributed by atoms with van der Waals surface area (Å²) in [6.07, 6.45) is 4.24. The fourth-order valence-corrected chi connectivity index (χ4v) is 4.23. The number of benzene rings is 2. The highest BCUT2D eigenvalue weighted by Gasteiger charge is 2.26. The van der Waals surface area contributed by atoms with E-state index in [4.69, 9.17) is 9.47 Å². The summed E-state index contributed by atoms with van der Waals surface area (Å²) in [5, 5.41) is 0. The van der Waals surface area contributed by atoms with Gasteiger partial charge in [0.05, 0.1) is 19.1 Å². The molecule has 0 bridgehead atoms. The highest BCUT2D eigenvalue weighted by molar-refractivity contribution is 7.89. The van der Waals surface area contributed by atoms with Gasteiger partial charge in [0.1, 0.15) is 23.4 Å². The van der Waals surface area contributed by atoms with Crippen LogP contribution in [-0.4, -0.2) is 32.2 Å². The number of rotatable bonds is 8. The minimum Gasteiger partial charge on any atom is -0.497 e. The van der Waals surface area contributed by atoms with E-state index in [2.05, 4.69) is 9.71 Å². The molecule has 1 aromatic heterocycles. The number of nitrogens with one attached hydrogen (secondary N) is 1. The molecule has 1 unspecified atom stereocenters. The Balaban J connectivity index is 2.06. The monoisotopic (exact) mass is 415 g/mol. The van der Waals surface area contributed by atoms with Crippen molar-refractivity contribution in [3.05, 3.63) is 71.8 Å². The predicted octanol–water partition coefficient (Wildman–Crippen LogP) is 3.07. The van der Waals surface area contributed by atoms with Gasteiger partial charge in [-0.3, -0.25) is 0 Å². The Labute approximate surface area is 171 Å². The minimum atomic E-state index is -3.80. The van der Waals surface area contributed by atoms with Crippen LogP contribution in [0.3, 0.4) is 0 Å². The van der Waals surface area contributed by atoms with Gasteiger partial charge >= 0.3 is 0 Å². The van der Waals surface area contributed by atoms with Crippen molar-refractivity contribution >= 4 is 10.0 Å². The number of imidazole rings is 1. The number of hydrogen-bond donors (Lipinski definition) is 1. The summed E-state index contributed by atoms with van der Waals surface area (Å²) in [5.41, 5.74) is 1.73. The van der Waals surface area contributed by atoms with Crippen molar-refractivity contribution in [1.82, 2.24) is 14.3 Å². The van der Waals surface area contributed by atoms with Gasteiger partial charge < -0.3 is 14.0 Å². The first kappa shape index (κ1) is 20.9. The van der Waals surface area contributed by atoms with E-state index in [0.29, 0.717) is 22.9 Å². The topological polar surface area (TPSA) is 82.5 Å². The number of methoxy groups -OCH3 is 2. The standard InChI is InChI=1S/C21H25N3O4S/c1-5-15-6-8-19(9-7-15)29(25,26)23-20(21-22-10-11-24(21)2)16-12-17(27-3)14-18(13-16)28-4/h6-14,20,23H,5H2,1-4H3. The average molecular weight is 416 g/mol. The molecule has 154 valence electrons. The molecular weight excluding hydrogens is 390 g/mol. The van der Waals surface area contributed by atoms with Crippen molar-refractivity contribution < 1.29 is 17.9 Å². The maximum atomic E-state index is 13.1. The molecule has 0 fully saturated rings. The third-order valence-electron chi connectivity index (χ3n) is 4.74.